The zero-order valence-electron chi connectivity index (χ0n) is 19.6. The molecule has 2 aliphatic heterocycles. The third-order valence-electron chi connectivity index (χ3n) is 6.10. The van der Waals surface area contributed by atoms with Crippen molar-refractivity contribution in [1.82, 2.24) is 14.9 Å². The highest BCUT2D eigenvalue weighted by Gasteiger charge is 2.26. The van der Waals surface area contributed by atoms with Crippen LogP contribution in [0.15, 0.2) is 61.0 Å². The molecule has 0 bridgehead atoms. The number of piperazine rings is 1. The van der Waals surface area contributed by atoms with Gasteiger partial charge in [-0.25, -0.2) is 4.98 Å². The van der Waals surface area contributed by atoms with Crippen LogP contribution in [0.25, 0.3) is 0 Å². The van der Waals surface area contributed by atoms with Crippen molar-refractivity contribution in [2.24, 2.45) is 0 Å². The Kier molecular flexibility index (Phi) is 6.19. The number of fused-ring (bicyclic) bond motifs is 1. The fraction of sp³-hybridized carbons (Fsp3) is 0.240. The Labute approximate surface area is 209 Å². The number of rotatable bonds is 5. The van der Waals surface area contributed by atoms with E-state index in [0.29, 0.717) is 33.9 Å². The lowest BCUT2D eigenvalue weighted by molar-refractivity contribution is -0.117. The SMILES string of the molecule is C=C1Oc2ccc(Nc3nc(Nc4ccc(N5CCN(C)CC5)cc4)ncc3Cl)cc2N(C)C1=O. The van der Waals surface area contributed by atoms with Gasteiger partial charge in [0.05, 0.1) is 11.9 Å². The van der Waals surface area contributed by atoms with Crippen molar-refractivity contribution in [3.05, 3.63) is 66.0 Å². The van der Waals surface area contributed by atoms with Crippen molar-refractivity contribution < 1.29 is 9.53 Å². The molecule has 3 heterocycles. The lowest BCUT2D eigenvalue weighted by Crippen LogP contribution is -2.44. The first-order chi connectivity index (χ1) is 16.9. The van der Waals surface area contributed by atoms with E-state index in [-0.39, 0.29) is 11.7 Å². The smallest absolute Gasteiger partial charge is 0.293 e. The summed E-state index contributed by atoms with van der Waals surface area (Å²) in [5, 5.41) is 6.80. The number of hydrogen-bond acceptors (Lipinski definition) is 8. The van der Waals surface area contributed by atoms with Crippen molar-refractivity contribution in [2.45, 2.75) is 0 Å². The molecule has 0 atom stereocenters. The van der Waals surface area contributed by atoms with E-state index in [2.05, 4.69) is 56.2 Å². The Hall–Kier alpha value is -3.82. The van der Waals surface area contributed by atoms with Gasteiger partial charge in [-0.05, 0) is 49.5 Å². The predicted octanol–water partition coefficient (Wildman–Crippen LogP) is 4.24. The molecule has 9 nitrogen and oxygen atoms in total. The van der Waals surface area contributed by atoms with Crippen LogP contribution in [0.1, 0.15) is 0 Å². The molecule has 1 saturated heterocycles. The van der Waals surface area contributed by atoms with Gasteiger partial charge >= 0.3 is 0 Å². The fourth-order valence-corrected chi connectivity index (χ4v) is 4.16. The van der Waals surface area contributed by atoms with Crippen LogP contribution in [-0.4, -0.2) is 61.0 Å². The molecule has 180 valence electrons. The summed E-state index contributed by atoms with van der Waals surface area (Å²) >= 11 is 6.36. The highest BCUT2D eigenvalue weighted by Crippen LogP contribution is 2.37. The van der Waals surface area contributed by atoms with Gasteiger partial charge in [0, 0.05) is 50.3 Å². The Balaban J connectivity index is 1.30. The molecule has 0 aliphatic carbocycles. The van der Waals surface area contributed by atoms with E-state index in [4.69, 9.17) is 16.3 Å². The third kappa shape index (κ3) is 4.87. The third-order valence-corrected chi connectivity index (χ3v) is 6.37. The van der Waals surface area contributed by atoms with Crippen LogP contribution in [0, 0.1) is 0 Å². The number of carbonyl (C=O) groups is 1. The minimum atomic E-state index is -0.292. The summed E-state index contributed by atoms with van der Waals surface area (Å²) in [5.74, 6) is 1.20. The zero-order valence-corrected chi connectivity index (χ0v) is 20.3. The number of nitrogens with zero attached hydrogens (tertiary/aromatic N) is 5. The summed E-state index contributed by atoms with van der Waals surface area (Å²) in [6, 6.07) is 13.6. The zero-order chi connectivity index (χ0) is 24.5. The van der Waals surface area contributed by atoms with E-state index < -0.39 is 0 Å². The molecule has 2 aromatic carbocycles. The summed E-state index contributed by atoms with van der Waals surface area (Å²) in [4.78, 5) is 27.2. The monoisotopic (exact) mass is 491 g/mol. The predicted molar refractivity (Wildman–Crippen MR) is 139 cm³/mol. The number of aromatic nitrogens is 2. The summed E-state index contributed by atoms with van der Waals surface area (Å²) in [7, 11) is 3.82. The number of ether oxygens (including phenoxy) is 1. The van der Waals surface area contributed by atoms with E-state index in [1.807, 2.05) is 18.2 Å². The van der Waals surface area contributed by atoms with E-state index in [1.165, 1.54) is 10.6 Å². The topological polar surface area (TPSA) is 85.9 Å². The second-order valence-corrected chi connectivity index (χ2v) is 8.96. The molecule has 1 fully saturated rings. The van der Waals surface area contributed by atoms with Crippen LogP contribution in [0.3, 0.4) is 0 Å². The number of amides is 1. The molecule has 0 unspecified atom stereocenters. The van der Waals surface area contributed by atoms with Crippen molar-refractivity contribution >= 4 is 52.0 Å². The number of nitrogens with one attached hydrogen (secondary N) is 2. The van der Waals surface area contributed by atoms with Crippen LogP contribution >= 0.6 is 11.6 Å². The number of likely N-dealkylation sites (N-methyl/N-ethyl adjacent to an activating group) is 2. The summed E-state index contributed by atoms with van der Waals surface area (Å²) in [6.45, 7) is 7.81. The molecule has 5 rings (SSSR count). The average Bonchev–Trinajstić information content (AvgIpc) is 2.86. The minimum Gasteiger partial charge on any atom is -0.450 e. The molecule has 0 spiro atoms. The van der Waals surface area contributed by atoms with Gasteiger partial charge in [-0.15, -0.1) is 0 Å². The fourth-order valence-electron chi connectivity index (χ4n) is 4.02. The normalized spacial score (nSPS) is 16.1. The highest BCUT2D eigenvalue weighted by molar-refractivity contribution is 6.32. The van der Waals surface area contributed by atoms with Crippen molar-refractivity contribution in [2.75, 3.05) is 60.7 Å². The molecule has 1 amide bonds. The number of carbonyl (C=O) groups excluding carboxylic acids is 1. The average molecular weight is 492 g/mol. The van der Waals surface area contributed by atoms with Crippen LogP contribution in [0.5, 0.6) is 5.75 Å². The summed E-state index contributed by atoms with van der Waals surface area (Å²) < 4.78 is 5.50. The lowest BCUT2D eigenvalue weighted by atomic mass is 10.2. The molecular weight excluding hydrogens is 466 g/mol. The maximum Gasteiger partial charge on any atom is 0.293 e. The molecule has 2 N–H and O–H groups in total. The van der Waals surface area contributed by atoms with Crippen molar-refractivity contribution in [3.8, 4) is 5.75 Å². The van der Waals surface area contributed by atoms with Gasteiger partial charge in [-0.1, -0.05) is 18.2 Å². The number of benzene rings is 2. The largest absolute Gasteiger partial charge is 0.450 e. The van der Waals surface area contributed by atoms with Crippen LogP contribution in [0.4, 0.5) is 34.5 Å². The Morgan fingerprint density at radius 1 is 1.00 bits per heavy atom. The van der Waals surface area contributed by atoms with Gasteiger partial charge in [-0.3, -0.25) is 4.79 Å². The molecule has 35 heavy (non-hydrogen) atoms. The Morgan fingerprint density at radius 2 is 1.71 bits per heavy atom. The molecular formula is C25H26ClN7O2. The van der Waals surface area contributed by atoms with Crippen LogP contribution in [-0.2, 0) is 4.79 Å². The van der Waals surface area contributed by atoms with Gasteiger partial charge in [-0.2, -0.15) is 4.98 Å². The molecule has 0 saturated carbocycles. The van der Waals surface area contributed by atoms with E-state index in [0.717, 1.165) is 31.9 Å². The molecule has 3 aromatic rings. The van der Waals surface area contributed by atoms with Gasteiger partial charge in [0.25, 0.3) is 5.91 Å². The number of anilines is 6. The van der Waals surface area contributed by atoms with Crippen molar-refractivity contribution in [3.63, 3.8) is 0 Å². The van der Waals surface area contributed by atoms with Gasteiger partial charge < -0.3 is 30.1 Å². The first-order valence-electron chi connectivity index (χ1n) is 11.3. The Morgan fingerprint density at radius 3 is 2.46 bits per heavy atom. The van der Waals surface area contributed by atoms with Crippen molar-refractivity contribution in [1.29, 1.82) is 0 Å². The molecule has 2 aliphatic rings. The van der Waals surface area contributed by atoms with Gasteiger partial charge in [0.1, 0.15) is 5.02 Å². The second kappa shape index (κ2) is 9.44. The van der Waals surface area contributed by atoms with E-state index in [9.17, 15) is 4.79 Å². The number of halogens is 1. The standard InChI is InChI=1S/C25H26ClN7O2/c1-16-24(34)32(3)21-14-18(6-9-22(21)35-16)28-23-20(26)15-27-25(30-23)29-17-4-7-19(8-5-17)33-12-10-31(2)11-13-33/h4-9,14-15H,1,10-13H2,2-3H3,(H2,27,28,29,30). The summed E-state index contributed by atoms with van der Waals surface area (Å²) in [5.41, 5.74) is 3.40. The minimum absolute atomic E-state index is 0.0897. The van der Waals surface area contributed by atoms with E-state index in [1.54, 1.807) is 25.4 Å². The highest BCUT2D eigenvalue weighted by atomic mass is 35.5. The molecule has 1 aromatic heterocycles. The molecule has 10 heteroatoms. The maximum absolute atomic E-state index is 12.2. The van der Waals surface area contributed by atoms with E-state index >= 15 is 0 Å². The van der Waals surface area contributed by atoms with Gasteiger partial charge in [0.15, 0.2) is 17.3 Å². The number of hydrogen-bond donors (Lipinski definition) is 2. The first-order valence-corrected chi connectivity index (χ1v) is 11.6. The molecule has 0 radical (unpaired) electrons. The lowest BCUT2D eigenvalue weighted by Gasteiger charge is -2.34. The van der Waals surface area contributed by atoms with Crippen LogP contribution in [0.2, 0.25) is 5.02 Å². The van der Waals surface area contributed by atoms with Gasteiger partial charge in [0.2, 0.25) is 5.95 Å². The quantitative estimate of drug-likeness (QED) is 0.513. The summed E-state index contributed by atoms with van der Waals surface area (Å²) in [6.07, 6.45) is 1.54. The van der Waals surface area contributed by atoms with Crippen LogP contribution < -0.4 is 25.2 Å². The Bertz CT molecular complexity index is 1270. The maximum atomic E-state index is 12.2. The first kappa shape index (κ1) is 22.9. The second-order valence-electron chi connectivity index (χ2n) is 8.55.